The Hall–Kier alpha value is -0.460. The van der Waals surface area contributed by atoms with Crippen molar-refractivity contribution >= 4 is 17.7 Å². The van der Waals surface area contributed by atoms with Crippen LogP contribution in [-0.4, -0.2) is 68.8 Å². The fraction of sp³-hybridized carbons (Fsp3) is 0.909. The van der Waals surface area contributed by atoms with Gasteiger partial charge >= 0.3 is 0 Å². The summed E-state index contributed by atoms with van der Waals surface area (Å²) in [6, 6.07) is 0. The highest BCUT2D eigenvalue weighted by atomic mass is 32.2. The molecule has 0 spiro atoms. The first kappa shape index (κ1) is 14.6. The van der Waals surface area contributed by atoms with Gasteiger partial charge in [-0.1, -0.05) is 0 Å². The van der Waals surface area contributed by atoms with Crippen LogP contribution in [0.3, 0.4) is 0 Å². The summed E-state index contributed by atoms with van der Waals surface area (Å²) in [6.45, 7) is 6.60. The third-order valence-corrected chi connectivity index (χ3v) is 3.24. The molecule has 0 aliphatic carbocycles. The van der Waals surface area contributed by atoms with E-state index in [2.05, 4.69) is 21.5 Å². The van der Waals surface area contributed by atoms with Gasteiger partial charge in [0, 0.05) is 38.5 Å². The van der Waals surface area contributed by atoms with E-state index >= 15 is 0 Å². The SMILES string of the molecule is CSCCNC(N)=NCCCN1CCOCC1. The van der Waals surface area contributed by atoms with Crippen molar-refractivity contribution in [3.05, 3.63) is 0 Å². The van der Waals surface area contributed by atoms with Gasteiger partial charge in [-0.2, -0.15) is 11.8 Å². The van der Waals surface area contributed by atoms with Gasteiger partial charge in [-0.15, -0.1) is 0 Å². The molecule has 0 aromatic heterocycles. The second-order valence-electron chi connectivity index (χ2n) is 3.99. The van der Waals surface area contributed by atoms with E-state index in [9.17, 15) is 0 Å². The van der Waals surface area contributed by atoms with E-state index in [0.717, 1.165) is 58.1 Å². The lowest BCUT2D eigenvalue weighted by molar-refractivity contribution is 0.0377. The number of nitrogens with zero attached hydrogens (tertiary/aromatic N) is 2. The van der Waals surface area contributed by atoms with E-state index in [1.807, 2.05) is 0 Å². The van der Waals surface area contributed by atoms with Crippen molar-refractivity contribution in [2.24, 2.45) is 10.7 Å². The summed E-state index contributed by atoms with van der Waals surface area (Å²) in [4.78, 5) is 6.71. The van der Waals surface area contributed by atoms with Crippen LogP contribution in [0, 0.1) is 0 Å². The summed E-state index contributed by atoms with van der Waals surface area (Å²) in [5, 5.41) is 3.10. The van der Waals surface area contributed by atoms with Crippen LogP contribution < -0.4 is 11.1 Å². The topological polar surface area (TPSA) is 62.9 Å². The summed E-state index contributed by atoms with van der Waals surface area (Å²) >= 11 is 1.80. The van der Waals surface area contributed by atoms with Crippen LogP contribution in [0.4, 0.5) is 0 Å². The lowest BCUT2D eigenvalue weighted by atomic mass is 10.3. The Balaban J connectivity index is 1.99. The highest BCUT2D eigenvalue weighted by molar-refractivity contribution is 7.98. The van der Waals surface area contributed by atoms with Crippen LogP contribution >= 0.6 is 11.8 Å². The molecule has 1 heterocycles. The largest absolute Gasteiger partial charge is 0.379 e. The Bertz CT molecular complexity index is 220. The molecule has 0 atom stereocenters. The molecule has 6 heteroatoms. The maximum Gasteiger partial charge on any atom is 0.188 e. The standard InChI is InChI=1S/C11H24N4OS/c1-17-10-4-14-11(12)13-3-2-5-15-6-8-16-9-7-15/h2-10H2,1H3,(H3,12,13,14). The number of nitrogens with two attached hydrogens (primary N) is 1. The van der Waals surface area contributed by atoms with Gasteiger partial charge < -0.3 is 15.8 Å². The van der Waals surface area contributed by atoms with Gasteiger partial charge in [-0.25, -0.2) is 0 Å². The molecule has 0 unspecified atom stereocenters. The van der Waals surface area contributed by atoms with Gasteiger partial charge in [-0.3, -0.25) is 9.89 Å². The van der Waals surface area contributed by atoms with Crippen molar-refractivity contribution in [2.75, 3.05) is 57.9 Å². The molecule has 0 aromatic carbocycles. The Morgan fingerprint density at radius 1 is 1.47 bits per heavy atom. The molecule has 1 rings (SSSR count). The van der Waals surface area contributed by atoms with Crippen LogP contribution in [-0.2, 0) is 4.74 Å². The number of morpholine rings is 1. The van der Waals surface area contributed by atoms with Crippen LogP contribution in [0.15, 0.2) is 4.99 Å². The maximum atomic E-state index is 5.73. The van der Waals surface area contributed by atoms with Gasteiger partial charge in [0.05, 0.1) is 13.2 Å². The molecule has 3 N–H and O–H groups in total. The summed E-state index contributed by atoms with van der Waals surface area (Å²) in [5.74, 6) is 1.63. The number of rotatable bonds is 7. The van der Waals surface area contributed by atoms with Crippen molar-refractivity contribution in [2.45, 2.75) is 6.42 Å². The number of ether oxygens (including phenoxy) is 1. The number of nitrogens with one attached hydrogen (secondary N) is 1. The van der Waals surface area contributed by atoms with Crippen molar-refractivity contribution in [3.8, 4) is 0 Å². The summed E-state index contributed by atoms with van der Waals surface area (Å²) < 4.78 is 5.30. The zero-order chi connectivity index (χ0) is 12.3. The molecule has 1 aliphatic rings. The molecular weight excluding hydrogens is 236 g/mol. The molecule has 1 fully saturated rings. The molecule has 0 bridgehead atoms. The van der Waals surface area contributed by atoms with Crippen LogP contribution in [0.2, 0.25) is 0 Å². The Labute approximate surface area is 108 Å². The molecule has 0 amide bonds. The second kappa shape index (κ2) is 9.56. The van der Waals surface area contributed by atoms with Gasteiger partial charge in [0.25, 0.3) is 0 Å². The lowest BCUT2D eigenvalue weighted by Crippen LogP contribution is -2.37. The molecule has 5 nitrogen and oxygen atoms in total. The third-order valence-electron chi connectivity index (χ3n) is 2.63. The minimum Gasteiger partial charge on any atom is -0.379 e. The first-order chi connectivity index (χ1) is 8.33. The fourth-order valence-corrected chi connectivity index (χ4v) is 1.96. The minimum absolute atomic E-state index is 0.570. The van der Waals surface area contributed by atoms with Crippen LogP contribution in [0.1, 0.15) is 6.42 Å². The summed E-state index contributed by atoms with van der Waals surface area (Å²) in [6.07, 6.45) is 3.14. The smallest absolute Gasteiger partial charge is 0.188 e. The molecule has 1 saturated heterocycles. The van der Waals surface area contributed by atoms with Crippen molar-refractivity contribution in [1.82, 2.24) is 10.2 Å². The minimum atomic E-state index is 0.570. The van der Waals surface area contributed by atoms with Crippen molar-refractivity contribution < 1.29 is 4.74 Å². The second-order valence-corrected chi connectivity index (χ2v) is 4.98. The highest BCUT2D eigenvalue weighted by Crippen LogP contribution is 1.97. The number of thioether (sulfide) groups is 1. The molecule has 0 radical (unpaired) electrons. The van der Waals surface area contributed by atoms with Crippen molar-refractivity contribution in [3.63, 3.8) is 0 Å². The zero-order valence-electron chi connectivity index (χ0n) is 10.7. The molecular formula is C11H24N4OS. The number of hydrogen-bond donors (Lipinski definition) is 2. The van der Waals surface area contributed by atoms with Gasteiger partial charge in [0.1, 0.15) is 0 Å². The normalized spacial score (nSPS) is 18.3. The van der Waals surface area contributed by atoms with E-state index in [4.69, 9.17) is 10.5 Å². The first-order valence-electron chi connectivity index (χ1n) is 6.16. The van der Waals surface area contributed by atoms with Crippen LogP contribution in [0.5, 0.6) is 0 Å². The van der Waals surface area contributed by atoms with E-state index in [1.165, 1.54) is 0 Å². The van der Waals surface area contributed by atoms with Gasteiger partial charge in [0.15, 0.2) is 5.96 Å². The number of guanidine groups is 1. The molecule has 1 aliphatic heterocycles. The maximum absolute atomic E-state index is 5.73. The number of hydrogen-bond acceptors (Lipinski definition) is 4. The van der Waals surface area contributed by atoms with Gasteiger partial charge in [0.2, 0.25) is 0 Å². The number of aliphatic imine (C=N–C) groups is 1. The third kappa shape index (κ3) is 7.46. The predicted molar refractivity (Wildman–Crippen MR) is 74.8 cm³/mol. The molecule has 0 aromatic rings. The summed E-state index contributed by atoms with van der Waals surface area (Å²) in [7, 11) is 0. The quantitative estimate of drug-likeness (QED) is 0.382. The van der Waals surface area contributed by atoms with Crippen molar-refractivity contribution in [1.29, 1.82) is 0 Å². The predicted octanol–water partition coefficient (Wildman–Crippen LogP) is -0.0240. The monoisotopic (exact) mass is 260 g/mol. The van der Waals surface area contributed by atoms with E-state index < -0.39 is 0 Å². The molecule has 0 saturated carbocycles. The van der Waals surface area contributed by atoms with Gasteiger partial charge in [-0.05, 0) is 12.7 Å². The van der Waals surface area contributed by atoms with E-state index in [1.54, 1.807) is 11.8 Å². The lowest BCUT2D eigenvalue weighted by Gasteiger charge is -2.26. The average molecular weight is 260 g/mol. The van der Waals surface area contributed by atoms with E-state index in [0.29, 0.717) is 5.96 Å². The fourth-order valence-electron chi connectivity index (χ4n) is 1.66. The molecule has 100 valence electrons. The Morgan fingerprint density at radius 2 is 2.24 bits per heavy atom. The highest BCUT2D eigenvalue weighted by Gasteiger charge is 2.08. The summed E-state index contributed by atoms with van der Waals surface area (Å²) in [5.41, 5.74) is 5.73. The Kier molecular flexibility index (Phi) is 8.21. The Morgan fingerprint density at radius 3 is 2.94 bits per heavy atom. The van der Waals surface area contributed by atoms with Crippen LogP contribution in [0.25, 0.3) is 0 Å². The van der Waals surface area contributed by atoms with E-state index in [-0.39, 0.29) is 0 Å². The average Bonchev–Trinajstić information content (AvgIpc) is 2.36. The zero-order valence-corrected chi connectivity index (χ0v) is 11.5. The first-order valence-corrected chi connectivity index (χ1v) is 7.55. The molecule has 17 heavy (non-hydrogen) atoms.